The first-order chi connectivity index (χ1) is 13.7. The minimum absolute atomic E-state index is 0.0573. The van der Waals surface area contributed by atoms with E-state index in [9.17, 15) is 4.79 Å². The zero-order valence-electron chi connectivity index (χ0n) is 15.4. The van der Waals surface area contributed by atoms with E-state index in [1.165, 1.54) is 0 Å². The highest BCUT2D eigenvalue weighted by atomic mass is 16.3. The molecule has 0 aliphatic carbocycles. The average Bonchev–Trinajstić information content (AvgIpc) is 3.46. The van der Waals surface area contributed by atoms with Gasteiger partial charge in [-0.3, -0.25) is 9.89 Å². The highest BCUT2D eigenvalue weighted by molar-refractivity contribution is 5.99. The Hall–Kier alpha value is -3.61. The van der Waals surface area contributed by atoms with E-state index in [0.29, 0.717) is 30.1 Å². The number of rotatable bonds is 3. The fourth-order valence-corrected chi connectivity index (χ4v) is 3.55. The highest BCUT2D eigenvalue weighted by Gasteiger charge is 2.28. The molecule has 4 heterocycles. The van der Waals surface area contributed by atoms with Crippen LogP contribution in [0.5, 0.6) is 0 Å². The van der Waals surface area contributed by atoms with Crippen LogP contribution in [-0.4, -0.2) is 37.3 Å². The molecule has 7 nitrogen and oxygen atoms in total. The second-order valence-corrected chi connectivity index (χ2v) is 6.93. The van der Waals surface area contributed by atoms with Gasteiger partial charge in [0.15, 0.2) is 5.76 Å². The molecule has 140 valence electrons. The van der Waals surface area contributed by atoms with Gasteiger partial charge in [0.25, 0.3) is 5.91 Å². The number of nitrogens with one attached hydrogen (secondary N) is 1. The Bertz CT molecular complexity index is 1140. The third-order valence-corrected chi connectivity index (χ3v) is 5.03. The zero-order chi connectivity index (χ0) is 19.1. The van der Waals surface area contributed by atoms with Crippen molar-refractivity contribution in [1.82, 2.24) is 24.9 Å². The van der Waals surface area contributed by atoms with E-state index in [2.05, 4.69) is 15.3 Å². The first kappa shape index (κ1) is 16.6. The average molecular weight is 373 g/mol. The standard InChI is InChI=1S/C21H19N5O2/c1-14-7-8-19(28-14)20-17(13-26(24-20)16-5-3-2-4-6-16)21(27)25-10-9-18-15(12-25)11-22-23-18/h2-8,11,13H,9-10,12H2,1H3,(H,22,23). The van der Waals surface area contributed by atoms with Crippen LogP contribution in [0.2, 0.25) is 0 Å². The van der Waals surface area contributed by atoms with Crippen LogP contribution in [0.3, 0.4) is 0 Å². The molecular weight excluding hydrogens is 354 g/mol. The van der Waals surface area contributed by atoms with Gasteiger partial charge in [-0.05, 0) is 31.2 Å². The summed E-state index contributed by atoms with van der Waals surface area (Å²) in [7, 11) is 0. The number of aromatic amines is 1. The van der Waals surface area contributed by atoms with Crippen molar-refractivity contribution in [2.24, 2.45) is 0 Å². The van der Waals surface area contributed by atoms with Crippen LogP contribution in [0.25, 0.3) is 17.1 Å². The fraction of sp³-hybridized carbons (Fsp3) is 0.190. The van der Waals surface area contributed by atoms with Crippen molar-refractivity contribution in [2.75, 3.05) is 6.54 Å². The Morgan fingerprint density at radius 1 is 1.18 bits per heavy atom. The van der Waals surface area contributed by atoms with Crippen LogP contribution in [0.15, 0.2) is 59.3 Å². The van der Waals surface area contributed by atoms with Gasteiger partial charge in [0.2, 0.25) is 0 Å². The number of furan rings is 1. The molecule has 1 aromatic carbocycles. The van der Waals surface area contributed by atoms with Crippen molar-refractivity contribution in [1.29, 1.82) is 0 Å². The number of carbonyl (C=O) groups excluding carboxylic acids is 1. The Morgan fingerprint density at radius 2 is 2.04 bits per heavy atom. The molecule has 0 radical (unpaired) electrons. The van der Waals surface area contributed by atoms with Gasteiger partial charge >= 0.3 is 0 Å². The summed E-state index contributed by atoms with van der Waals surface area (Å²) in [5.74, 6) is 1.32. The quantitative estimate of drug-likeness (QED) is 0.597. The molecule has 0 unspecified atom stereocenters. The summed E-state index contributed by atoms with van der Waals surface area (Å²) >= 11 is 0. The molecule has 0 fully saturated rings. The van der Waals surface area contributed by atoms with E-state index < -0.39 is 0 Å². The highest BCUT2D eigenvalue weighted by Crippen LogP contribution is 2.28. The lowest BCUT2D eigenvalue weighted by Crippen LogP contribution is -2.35. The van der Waals surface area contributed by atoms with E-state index >= 15 is 0 Å². The fourth-order valence-electron chi connectivity index (χ4n) is 3.55. The predicted octanol–water partition coefficient (Wildman–Crippen LogP) is 3.36. The number of hydrogen-bond acceptors (Lipinski definition) is 4. The van der Waals surface area contributed by atoms with Crippen LogP contribution in [0.4, 0.5) is 0 Å². The molecule has 3 aromatic heterocycles. The molecule has 5 rings (SSSR count). The molecule has 4 aromatic rings. The summed E-state index contributed by atoms with van der Waals surface area (Å²) in [5.41, 5.74) is 4.14. The normalized spacial score (nSPS) is 13.5. The molecule has 28 heavy (non-hydrogen) atoms. The van der Waals surface area contributed by atoms with E-state index in [-0.39, 0.29) is 5.91 Å². The van der Waals surface area contributed by atoms with Crippen molar-refractivity contribution in [2.45, 2.75) is 19.9 Å². The molecular formula is C21H19N5O2. The molecule has 1 aliphatic rings. The SMILES string of the molecule is Cc1ccc(-c2nn(-c3ccccc3)cc2C(=O)N2CCc3[nH]ncc3C2)o1. The topological polar surface area (TPSA) is 80.0 Å². The van der Waals surface area contributed by atoms with Gasteiger partial charge in [0, 0.05) is 37.0 Å². The lowest BCUT2D eigenvalue weighted by molar-refractivity contribution is 0.0735. The third kappa shape index (κ3) is 2.81. The first-order valence-corrected chi connectivity index (χ1v) is 9.21. The van der Waals surface area contributed by atoms with Gasteiger partial charge in [-0.1, -0.05) is 18.2 Å². The number of aryl methyl sites for hydroxylation is 1. The molecule has 0 atom stereocenters. The summed E-state index contributed by atoms with van der Waals surface area (Å²) in [4.78, 5) is 15.2. The van der Waals surface area contributed by atoms with Gasteiger partial charge in [-0.25, -0.2) is 4.68 Å². The molecule has 0 saturated carbocycles. The second-order valence-electron chi connectivity index (χ2n) is 6.93. The zero-order valence-corrected chi connectivity index (χ0v) is 15.4. The van der Waals surface area contributed by atoms with Crippen LogP contribution in [0.1, 0.15) is 27.4 Å². The van der Waals surface area contributed by atoms with Crippen molar-refractivity contribution in [3.63, 3.8) is 0 Å². The van der Waals surface area contributed by atoms with Crippen molar-refractivity contribution < 1.29 is 9.21 Å². The Balaban J connectivity index is 1.56. The third-order valence-electron chi connectivity index (χ3n) is 5.03. The van der Waals surface area contributed by atoms with Crippen LogP contribution >= 0.6 is 0 Å². The van der Waals surface area contributed by atoms with Crippen molar-refractivity contribution >= 4 is 5.91 Å². The maximum absolute atomic E-state index is 13.4. The van der Waals surface area contributed by atoms with Crippen LogP contribution < -0.4 is 0 Å². The van der Waals surface area contributed by atoms with E-state index in [1.807, 2.05) is 54.3 Å². The minimum atomic E-state index is -0.0573. The number of nitrogens with zero attached hydrogens (tertiary/aromatic N) is 4. The predicted molar refractivity (Wildman–Crippen MR) is 103 cm³/mol. The van der Waals surface area contributed by atoms with Gasteiger partial charge < -0.3 is 9.32 Å². The van der Waals surface area contributed by atoms with Gasteiger partial charge in [-0.2, -0.15) is 10.2 Å². The number of aromatic nitrogens is 4. The number of H-pyrrole nitrogens is 1. The smallest absolute Gasteiger partial charge is 0.258 e. The van der Waals surface area contributed by atoms with Crippen molar-refractivity contribution in [3.05, 3.63) is 77.4 Å². The van der Waals surface area contributed by atoms with Gasteiger partial charge in [0.05, 0.1) is 17.4 Å². The second kappa shape index (κ2) is 6.53. The summed E-state index contributed by atoms with van der Waals surface area (Å²) in [6, 6.07) is 13.5. The summed E-state index contributed by atoms with van der Waals surface area (Å²) in [6.07, 6.45) is 4.35. The van der Waals surface area contributed by atoms with Crippen molar-refractivity contribution in [3.8, 4) is 17.1 Å². The molecule has 0 spiro atoms. The lowest BCUT2D eigenvalue weighted by Gasteiger charge is -2.26. The largest absolute Gasteiger partial charge is 0.460 e. The Morgan fingerprint density at radius 3 is 2.82 bits per heavy atom. The van der Waals surface area contributed by atoms with Gasteiger partial charge in [0.1, 0.15) is 11.5 Å². The maximum Gasteiger partial charge on any atom is 0.258 e. The summed E-state index contributed by atoms with van der Waals surface area (Å²) in [6.45, 7) is 3.06. The maximum atomic E-state index is 13.4. The molecule has 1 amide bonds. The lowest BCUT2D eigenvalue weighted by atomic mass is 10.1. The molecule has 0 bridgehead atoms. The summed E-state index contributed by atoms with van der Waals surface area (Å²) in [5, 5.41) is 11.8. The number of amides is 1. The number of para-hydroxylation sites is 1. The first-order valence-electron chi connectivity index (χ1n) is 9.21. The number of carbonyl (C=O) groups is 1. The number of fused-ring (bicyclic) bond motifs is 1. The monoisotopic (exact) mass is 373 g/mol. The van der Waals surface area contributed by atoms with Gasteiger partial charge in [-0.15, -0.1) is 0 Å². The van der Waals surface area contributed by atoms with E-state index in [4.69, 9.17) is 4.42 Å². The molecule has 7 heteroatoms. The number of benzene rings is 1. The molecule has 1 N–H and O–H groups in total. The summed E-state index contributed by atoms with van der Waals surface area (Å²) < 4.78 is 7.51. The Kier molecular flexibility index (Phi) is 3.86. The van der Waals surface area contributed by atoms with Crippen LogP contribution in [0, 0.1) is 6.92 Å². The number of hydrogen-bond donors (Lipinski definition) is 1. The van der Waals surface area contributed by atoms with Crippen LogP contribution in [-0.2, 0) is 13.0 Å². The molecule has 0 saturated heterocycles. The molecule has 1 aliphatic heterocycles. The van der Waals surface area contributed by atoms with E-state index in [1.54, 1.807) is 17.1 Å². The minimum Gasteiger partial charge on any atom is -0.460 e. The van der Waals surface area contributed by atoms with E-state index in [0.717, 1.165) is 29.1 Å². The Labute approximate surface area is 161 Å².